The van der Waals surface area contributed by atoms with E-state index in [0.29, 0.717) is 12.4 Å². The third-order valence-corrected chi connectivity index (χ3v) is 3.07. The highest BCUT2D eigenvalue weighted by Gasteiger charge is 1.97. The van der Waals surface area contributed by atoms with Crippen LogP contribution in [0.1, 0.15) is 10.7 Å². The van der Waals surface area contributed by atoms with Crippen molar-refractivity contribution in [2.24, 2.45) is 0 Å². The Balaban J connectivity index is 1.72. The van der Waals surface area contributed by atoms with Gasteiger partial charge in [0.05, 0.1) is 6.54 Å². The minimum absolute atomic E-state index is 0.519. The number of hydrogen-bond acceptors (Lipinski definition) is 5. The Bertz CT molecular complexity index is 427. The van der Waals surface area contributed by atoms with Gasteiger partial charge in [-0.05, 0) is 23.9 Å². The number of hydrogen-bond donors (Lipinski definition) is 2. The lowest BCUT2D eigenvalue weighted by Crippen LogP contribution is -2.18. The van der Waals surface area contributed by atoms with Gasteiger partial charge in [0, 0.05) is 17.6 Å². The molecule has 0 aromatic carbocycles. The van der Waals surface area contributed by atoms with Crippen molar-refractivity contribution in [2.75, 3.05) is 12.3 Å². The lowest BCUT2D eigenvalue weighted by molar-refractivity contribution is 0.663. The van der Waals surface area contributed by atoms with E-state index in [0.717, 1.165) is 18.8 Å². The molecule has 0 aliphatic heterocycles. The molecule has 0 aliphatic rings. The van der Waals surface area contributed by atoms with Crippen LogP contribution in [0.4, 0.5) is 5.82 Å². The summed E-state index contributed by atoms with van der Waals surface area (Å²) in [5.74, 6) is 1.26. The van der Waals surface area contributed by atoms with Crippen molar-refractivity contribution in [2.45, 2.75) is 13.0 Å². The molecule has 0 saturated carbocycles. The van der Waals surface area contributed by atoms with E-state index in [1.807, 2.05) is 0 Å². The van der Waals surface area contributed by atoms with E-state index in [9.17, 15) is 0 Å². The molecule has 3 N–H and O–H groups in total. The quantitative estimate of drug-likeness (QED) is 0.769. The number of rotatable bonds is 5. The van der Waals surface area contributed by atoms with Crippen LogP contribution in [0.15, 0.2) is 29.8 Å². The van der Waals surface area contributed by atoms with Crippen molar-refractivity contribution in [3.05, 3.63) is 40.5 Å². The van der Waals surface area contributed by atoms with Crippen LogP contribution in [-0.4, -0.2) is 16.5 Å². The summed E-state index contributed by atoms with van der Waals surface area (Å²) in [5, 5.41) is 5.39. The first-order valence-electron chi connectivity index (χ1n) is 5.15. The molecule has 0 saturated heterocycles. The highest BCUT2D eigenvalue weighted by molar-refractivity contribution is 7.09. The van der Waals surface area contributed by atoms with Crippen molar-refractivity contribution in [1.29, 1.82) is 0 Å². The van der Waals surface area contributed by atoms with Gasteiger partial charge in [0.15, 0.2) is 0 Å². The van der Waals surface area contributed by atoms with Crippen LogP contribution in [-0.2, 0) is 13.0 Å². The molecular weight excluding hydrogens is 220 g/mol. The maximum Gasteiger partial charge on any atom is 0.144 e. The minimum Gasteiger partial charge on any atom is -0.384 e. The molecule has 2 heterocycles. The molecule has 2 aromatic heterocycles. The van der Waals surface area contributed by atoms with Crippen LogP contribution in [0.2, 0.25) is 0 Å². The fourth-order valence-electron chi connectivity index (χ4n) is 1.37. The molecule has 2 rings (SSSR count). The molecule has 0 spiro atoms. The summed E-state index contributed by atoms with van der Waals surface area (Å²) in [7, 11) is 0. The van der Waals surface area contributed by atoms with Gasteiger partial charge < -0.3 is 11.1 Å². The summed E-state index contributed by atoms with van der Waals surface area (Å²) in [5.41, 5.74) is 5.56. The average Bonchev–Trinajstić information content (AvgIpc) is 2.77. The summed E-state index contributed by atoms with van der Waals surface area (Å²) in [6.45, 7) is 1.59. The molecular formula is C11H14N4S. The van der Waals surface area contributed by atoms with Crippen molar-refractivity contribution in [1.82, 2.24) is 15.3 Å². The lowest BCUT2D eigenvalue weighted by Gasteiger charge is -2.02. The van der Waals surface area contributed by atoms with Crippen molar-refractivity contribution in [3.63, 3.8) is 0 Å². The number of thiophene rings is 1. The Morgan fingerprint density at radius 1 is 1.38 bits per heavy atom. The third-order valence-electron chi connectivity index (χ3n) is 2.14. The van der Waals surface area contributed by atoms with Crippen LogP contribution in [0, 0.1) is 0 Å². The second-order valence-electron chi connectivity index (χ2n) is 3.40. The van der Waals surface area contributed by atoms with E-state index in [4.69, 9.17) is 5.73 Å². The van der Waals surface area contributed by atoms with Gasteiger partial charge in [0.1, 0.15) is 11.6 Å². The average molecular weight is 234 g/mol. The molecule has 0 fully saturated rings. The number of nitrogens with one attached hydrogen (secondary N) is 1. The summed E-state index contributed by atoms with van der Waals surface area (Å²) < 4.78 is 0. The lowest BCUT2D eigenvalue weighted by atomic mass is 10.3. The number of nitrogen functional groups attached to an aromatic ring is 1. The second-order valence-corrected chi connectivity index (χ2v) is 4.44. The van der Waals surface area contributed by atoms with Crippen molar-refractivity contribution < 1.29 is 0 Å². The molecule has 0 aliphatic carbocycles. The molecule has 0 amide bonds. The molecule has 2 aromatic rings. The Morgan fingerprint density at radius 3 is 3.06 bits per heavy atom. The second kappa shape index (κ2) is 5.58. The van der Waals surface area contributed by atoms with Crippen LogP contribution in [0.3, 0.4) is 0 Å². The normalized spacial score (nSPS) is 10.5. The van der Waals surface area contributed by atoms with Crippen LogP contribution < -0.4 is 11.1 Å². The minimum atomic E-state index is 0.519. The van der Waals surface area contributed by atoms with Gasteiger partial charge in [0.25, 0.3) is 0 Å². The van der Waals surface area contributed by atoms with Gasteiger partial charge in [-0.3, -0.25) is 0 Å². The van der Waals surface area contributed by atoms with Gasteiger partial charge >= 0.3 is 0 Å². The highest BCUT2D eigenvalue weighted by atomic mass is 32.1. The first kappa shape index (κ1) is 11.0. The standard InChI is InChI=1S/C11H14N4S/c12-10-4-6-14-11(15-10)8-13-5-3-9-2-1-7-16-9/h1-2,4,6-7,13H,3,5,8H2,(H2,12,14,15). The monoisotopic (exact) mass is 234 g/mol. The predicted octanol–water partition coefficient (Wildman–Crippen LogP) is 1.45. The Hall–Kier alpha value is -1.46. The summed E-state index contributed by atoms with van der Waals surface area (Å²) in [6.07, 6.45) is 2.72. The number of nitrogens with zero attached hydrogens (tertiary/aromatic N) is 2. The predicted molar refractivity (Wildman–Crippen MR) is 66.2 cm³/mol. The zero-order valence-electron chi connectivity index (χ0n) is 8.89. The van der Waals surface area contributed by atoms with E-state index in [-0.39, 0.29) is 0 Å². The van der Waals surface area contributed by atoms with Gasteiger partial charge in [-0.1, -0.05) is 6.07 Å². The van der Waals surface area contributed by atoms with E-state index >= 15 is 0 Å². The zero-order chi connectivity index (χ0) is 11.2. The van der Waals surface area contributed by atoms with Gasteiger partial charge in [-0.15, -0.1) is 11.3 Å². The van der Waals surface area contributed by atoms with Crippen LogP contribution >= 0.6 is 11.3 Å². The maximum atomic E-state index is 5.56. The van der Waals surface area contributed by atoms with Crippen molar-refractivity contribution >= 4 is 17.2 Å². The smallest absolute Gasteiger partial charge is 0.144 e. The first-order chi connectivity index (χ1) is 7.84. The van der Waals surface area contributed by atoms with E-state index in [1.165, 1.54) is 4.88 Å². The molecule has 0 unspecified atom stereocenters. The number of anilines is 1. The Morgan fingerprint density at radius 2 is 2.31 bits per heavy atom. The highest BCUT2D eigenvalue weighted by Crippen LogP contribution is 2.08. The van der Waals surface area contributed by atoms with Crippen LogP contribution in [0.5, 0.6) is 0 Å². The molecule has 16 heavy (non-hydrogen) atoms. The van der Waals surface area contributed by atoms with Crippen LogP contribution in [0.25, 0.3) is 0 Å². The van der Waals surface area contributed by atoms with Crippen molar-refractivity contribution in [3.8, 4) is 0 Å². The number of nitrogens with two attached hydrogens (primary N) is 1. The third kappa shape index (κ3) is 3.29. The first-order valence-corrected chi connectivity index (χ1v) is 6.03. The van der Waals surface area contributed by atoms with E-state index < -0.39 is 0 Å². The van der Waals surface area contributed by atoms with Gasteiger partial charge in [0.2, 0.25) is 0 Å². The molecule has 0 radical (unpaired) electrons. The maximum absolute atomic E-state index is 5.56. The van der Waals surface area contributed by atoms with Gasteiger partial charge in [-0.25, -0.2) is 9.97 Å². The number of aromatic nitrogens is 2. The summed E-state index contributed by atoms with van der Waals surface area (Å²) in [6, 6.07) is 5.90. The Kier molecular flexibility index (Phi) is 3.85. The molecule has 0 atom stereocenters. The van der Waals surface area contributed by atoms with E-state index in [2.05, 4.69) is 32.8 Å². The van der Waals surface area contributed by atoms with Gasteiger partial charge in [-0.2, -0.15) is 0 Å². The fourth-order valence-corrected chi connectivity index (χ4v) is 2.08. The molecule has 0 bridgehead atoms. The molecule has 5 heteroatoms. The SMILES string of the molecule is Nc1ccnc(CNCCc2cccs2)n1. The zero-order valence-corrected chi connectivity index (χ0v) is 9.70. The fraction of sp³-hybridized carbons (Fsp3) is 0.273. The Labute approximate surface area is 98.6 Å². The molecule has 4 nitrogen and oxygen atoms in total. The molecule has 84 valence electrons. The summed E-state index contributed by atoms with van der Waals surface area (Å²) >= 11 is 1.78. The largest absolute Gasteiger partial charge is 0.384 e. The van der Waals surface area contributed by atoms with E-state index in [1.54, 1.807) is 23.6 Å². The topological polar surface area (TPSA) is 63.8 Å². The summed E-state index contributed by atoms with van der Waals surface area (Å²) in [4.78, 5) is 9.63.